The molecule has 0 unspecified atom stereocenters. The molecule has 0 spiro atoms. The summed E-state index contributed by atoms with van der Waals surface area (Å²) in [6.45, 7) is 6.13. The maximum atomic E-state index is 14.0. The summed E-state index contributed by atoms with van der Waals surface area (Å²) in [6, 6.07) is 4.89. The van der Waals surface area contributed by atoms with E-state index in [4.69, 9.17) is 5.11 Å². The highest BCUT2D eigenvalue weighted by Crippen LogP contribution is 2.34. The van der Waals surface area contributed by atoms with Crippen molar-refractivity contribution in [2.45, 2.75) is 26.7 Å². The second kappa shape index (κ2) is 5.65. The van der Waals surface area contributed by atoms with Crippen molar-refractivity contribution in [3.63, 3.8) is 0 Å². The molecule has 0 radical (unpaired) electrons. The van der Waals surface area contributed by atoms with Gasteiger partial charge in [-0.2, -0.15) is 0 Å². The Hall–Kier alpha value is -1.84. The van der Waals surface area contributed by atoms with Crippen LogP contribution in [0, 0.1) is 11.2 Å². The highest BCUT2D eigenvalue weighted by molar-refractivity contribution is 5.87. The smallest absolute Gasteiger partial charge is 0.328 e. The molecule has 108 valence electrons. The molecule has 2 rings (SSSR count). The zero-order valence-electron chi connectivity index (χ0n) is 11.9. The number of benzene rings is 1. The predicted octanol–water partition coefficient (Wildman–Crippen LogP) is 3.55. The van der Waals surface area contributed by atoms with Crippen LogP contribution in [0.3, 0.4) is 0 Å². The third-order valence-electron chi connectivity index (χ3n) is 3.66. The monoisotopic (exact) mass is 277 g/mol. The maximum Gasteiger partial charge on any atom is 0.328 e. The molecule has 3 nitrogen and oxygen atoms in total. The molecule has 0 saturated carbocycles. The Kier molecular flexibility index (Phi) is 4.12. The van der Waals surface area contributed by atoms with Gasteiger partial charge in [0.15, 0.2) is 0 Å². The van der Waals surface area contributed by atoms with Crippen LogP contribution >= 0.6 is 0 Å². The molecule has 20 heavy (non-hydrogen) atoms. The molecule has 0 aliphatic carbocycles. The molecule has 1 aromatic rings. The molecule has 0 amide bonds. The summed E-state index contributed by atoms with van der Waals surface area (Å²) >= 11 is 0. The van der Waals surface area contributed by atoms with Crippen molar-refractivity contribution in [1.82, 2.24) is 0 Å². The lowest BCUT2D eigenvalue weighted by Crippen LogP contribution is -2.40. The predicted molar refractivity (Wildman–Crippen MR) is 78.3 cm³/mol. The molecule has 1 heterocycles. The van der Waals surface area contributed by atoms with Crippen LogP contribution in [-0.4, -0.2) is 24.2 Å². The average molecular weight is 277 g/mol. The van der Waals surface area contributed by atoms with Gasteiger partial charge < -0.3 is 10.0 Å². The van der Waals surface area contributed by atoms with E-state index in [0.717, 1.165) is 37.7 Å². The van der Waals surface area contributed by atoms with Gasteiger partial charge in [0, 0.05) is 30.4 Å². The number of nitrogens with zero attached hydrogens (tertiary/aromatic N) is 1. The molecule has 1 aliphatic rings. The van der Waals surface area contributed by atoms with Gasteiger partial charge in [-0.3, -0.25) is 0 Å². The Morgan fingerprint density at radius 2 is 2.20 bits per heavy atom. The molecule has 0 aromatic heterocycles. The zero-order valence-corrected chi connectivity index (χ0v) is 11.9. The van der Waals surface area contributed by atoms with E-state index in [0.29, 0.717) is 5.56 Å². The number of carboxylic acid groups (broad SMARTS) is 1. The molecular weight excluding hydrogens is 257 g/mol. The fourth-order valence-corrected chi connectivity index (χ4v) is 2.75. The van der Waals surface area contributed by atoms with E-state index in [2.05, 4.69) is 18.7 Å². The van der Waals surface area contributed by atoms with Crippen molar-refractivity contribution in [1.29, 1.82) is 0 Å². The van der Waals surface area contributed by atoms with Crippen LogP contribution in [0.2, 0.25) is 0 Å². The lowest BCUT2D eigenvalue weighted by atomic mass is 9.84. The van der Waals surface area contributed by atoms with Gasteiger partial charge in [-0.1, -0.05) is 19.9 Å². The molecule has 0 bridgehead atoms. The van der Waals surface area contributed by atoms with Crippen molar-refractivity contribution in [2.75, 3.05) is 18.0 Å². The number of piperidine rings is 1. The number of anilines is 1. The van der Waals surface area contributed by atoms with Crippen LogP contribution in [0.1, 0.15) is 32.3 Å². The van der Waals surface area contributed by atoms with Crippen LogP contribution in [0.5, 0.6) is 0 Å². The third kappa shape index (κ3) is 3.38. The van der Waals surface area contributed by atoms with E-state index >= 15 is 0 Å². The summed E-state index contributed by atoms with van der Waals surface area (Å²) in [6.07, 6.45) is 4.54. The van der Waals surface area contributed by atoms with Crippen molar-refractivity contribution in [3.05, 3.63) is 35.7 Å². The topological polar surface area (TPSA) is 40.5 Å². The first kappa shape index (κ1) is 14.6. The molecule has 1 saturated heterocycles. The Bertz CT molecular complexity index is 537. The van der Waals surface area contributed by atoms with Crippen LogP contribution < -0.4 is 4.90 Å². The molecule has 1 aliphatic heterocycles. The largest absolute Gasteiger partial charge is 0.478 e. The molecule has 4 heteroatoms. The van der Waals surface area contributed by atoms with Crippen LogP contribution in [0.15, 0.2) is 24.3 Å². The number of hydrogen-bond acceptors (Lipinski definition) is 2. The van der Waals surface area contributed by atoms with Gasteiger partial charge in [0.2, 0.25) is 0 Å². The normalized spacial score (nSPS) is 18.4. The fourth-order valence-electron chi connectivity index (χ4n) is 2.75. The van der Waals surface area contributed by atoms with Gasteiger partial charge in [-0.05, 0) is 36.5 Å². The Morgan fingerprint density at radius 3 is 2.85 bits per heavy atom. The van der Waals surface area contributed by atoms with E-state index < -0.39 is 5.97 Å². The van der Waals surface area contributed by atoms with Gasteiger partial charge in [0.05, 0.1) is 0 Å². The minimum absolute atomic E-state index is 0.193. The molecule has 1 fully saturated rings. The quantitative estimate of drug-likeness (QED) is 0.859. The van der Waals surface area contributed by atoms with Gasteiger partial charge >= 0.3 is 5.97 Å². The molecule has 0 atom stereocenters. The number of rotatable bonds is 3. The van der Waals surface area contributed by atoms with E-state index in [1.807, 2.05) is 6.07 Å². The molecule has 1 aromatic carbocycles. The number of halogens is 1. The highest BCUT2D eigenvalue weighted by Gasteiger charge is 2.27. The number of aliphatic carboxylic acids is 1. The van der Waals surface area contributed by atoms with E-state index in [1.54, 1.807) is 6.07 Å². The third-order valence-corrected chi connectivity index (χ3v) is 3.66. The van der Waals surface area contributed by atoms with E-state index in [9.17, 15) is 9.18 Å². The van der Waals surface area contributed by atoms with Gasteiger partial charge in [-0.15, -0.1) is 0 Å². The maximum absolute atomic E-state index is 14.0. The summed E-state index contributed by atoms with van der Waals surface area (Å²) < 4.78 is 14.0. The summed E-state index contributed by atoms with van der Waals surface area (Å²) in [5.74, 6) is -1.46. The van der Waals surface area contributed by atoms with Crippen molar-refractivity contribution in [3.8, 4) is 0 Å². The average Bonchev–Trinajstić information content (AvgIpc) is 2.35. The standard InChI is InChI=1S/C16H20FNO2/c1-16(2)9-4-10-18(11-16)14-6-3-5-13(17)12(14)7-8-15(19)20/h3,5-8H,4,9-11H2,1-2H3,(H,19,20)/b8-7+. The summed E-state index contributed by atoms with van der Waals surface area (Å²) in [5, 5.41) is 8.73. The Morgan fingerprint density at radius 1 is 1.45 bits per heavy atom. The second-order valence-corrected chi connectivity index (χ2v) is 6.03. The van der Waals surface area contributed by atoms with Crippen molar-refractivity contribution < 1.29 is 14.3 Å². The first-order chi connectivity index (χ1) is 9.39. The zero-order chi connectivity index (χ0) is 14.8. The lowest BCUT2D eigenvalue weighted by Gasteiger charge is -2.40. The number of carbonyl (C=O) groups is 1. The highest BCUT2D eigenvalue weighted by atomic mass is 19.1. The Labute approximate surface area is 118 Å². The minimum atomic E-state index is -1.07. The first-order valence-electron chi connectivity index (χ1n) is 6.83. The van der Waals surface area contributed by atoms with Gasteiger partial charge in [0.1, 0.15) is 5.82 Å². The van der Waals surface area contributed by atoms with Gasteiger partial charge in [0.25, 0.3) is 0 Å². The van der Waals surface area contributed by atoms with E-state index in [1.165, 1.54) is 12.1 Å². The molecule has 1 N–H and O–H groups in total. The first-order valence-corrected chi connectivity index (χ1v) is 6.83. The summed E-state index contributed by atoms with van der Waals surface area (Å²) in [4.78, 5) is 12.8. The summed E-state index contributed by atoms with van der Waals surface area (Å²) in [7, 11) is 0. The minimum Gasteiger partial charge on any atom is -0.478 e. The van der Waals surface area contributed by atoms with Crippen molar-refractivity contribution >= 4 is 17.7 Å². The van der Waals surface area contributed by atoms with Crippen LogP contribution in [0.25, 0.3) is 6.08 Å². The SMILES string of the molecule is CC1(C)CCCN(c2cccc(F)c2/C=C/C(=O)O)C1. The fraction of sp³-hybridized carbons (Fsp3) is 0.438. The van der Waals surface area contributed by atoms with Gasteiger partial charge in [-0.25, -0.2) is 9.18 Å². The van der Waals surface area contributed by atoms with E-state index in [-0.39, 0.29) is 11.2 Å². The lowest BCUT2D eigenvalue weighted by molar-refractivity contribution is -0.131. The second-order valence-electron chi connectivity index (χ2n) is 6.03. The van der Waals surface area contributed by atoms with Crippen molar-refractivity contribution in [2.24, 2.45) is 5.41 Å². The Balaban J connectivity index is 2.36. The molecular formula is C16H20FNO2. The van der Waals surface area contributed by atoms with Crippen LogP contribution in [-0.2, 0) is 4.79 Å². The van der Waals surface area contributed by atoms with Crippen LogP contribution in [0.4, 0.5) is 10.1 Å². The number of carboxylic acids is 1. The summed E-state index contributed by atoms with van der Waals surface area (Å²) in [5.41, 5.74) is 1.32. The number of hydrogen-bond donors (Lipinski definition) is 1.